The van der Waals surface area contributed by atoms with Gasteiger partial charge in [-0.1, -0.05) is 54.9 Å². The van der Waals surface area contributed by atoms with Crippen LogP contribution in [0.1, 0.15) is 114 Å². The first-order chi connectivity index (χ1) is 22.1. The molecule has 0 aromatic carbocycles. The van der Waals surface area contributed by atoms with E-state index in [-0.39, 0.29) is 53.3 Å². The van der Waals surface area contributed by atoms with Gasteiger partial charge in [-0.15, -0.1) is 10.2 Å². The molecule has 0 unspecified atom stereocenters. The number of hydrogen-bond acceptors (Lipinski definition) is 10. The van der Waals surface area contributed by atoms with Gasteiger partial charge in [0, 0.05) is 24.9 Å². The maximum atomic E-state index is 13.7. The first-order valence-corrected chi connectivity index (χ1v) is 16.3. The van der Waals surface area contributed by atoms with E-state index in [0.717, 1.165) is 0 Å². The van der Waals surface area contributed by atoms with Gasteiger partial charge in [0.05, 0.1) is 12.2 Å². The molecule has 1 aliphatic heterocycles. The number of carbonyl (C=O) groups excluding carboxylic acids is 5. The number of Topliss-reactive ketones (excluding diaryl/α,β-unsaturated/α-hetero) is 1. The van der Waals surface area contributed by atoms with E-state index in [1.54, 1.807) is 13.8 Å². The fourth-order valence-corrected chi connectivity index (χ4v) is 5.18. The number of unbranched alkanes of at least 4 members (excludes halogenated alkanes) is 2. The number of nitrogens with zero attached hydrogens (tertiary/aromatic N) is 4. The highest BCUT2D eigenvalue weighted by Gasteiger charge is 2.40. The molecule has 2 aromatic heterocycles. The summed E-state index contributed by atoms with van der Waals surface area (Å²) in [6, 6.07) is 0.300. The molecule has 14 nitrogen and oxygen atoms in total. The zero-order valence-corrected chi connectivity index (χ0v) is 28.5. The molecule has 0 radical (unpaired) electrons. The molecule has 0 aliphatic carbocycles. The van der Waals surface area contributed by atoms with Crippen LogP contribution < -0.4 is 16.0 Å². The lowest BCUT2D eigenvalue weighted by molar-refractivity contribution is -0.142. The van der Waals surface area contributed by atoms with Gasteiger partial charge in [0.15, 0.2) is 0 Å². The summed E-state index contributed by atoms with van der Waals surface area (Å²) in [5.74, 6) is -2.27. The van der Waals surface area contributed by atoms with Gasteiger partial charge < -0.3 is 30.4 Å². The van der Waals surface area contributed by atoms with E-state index in [0.29, 0.717) is 51.1 Å². The van der Waals surface area contributed by atoms with Crippen molar-refractivity contribution in [1.29, 1.82) is 0 Å². The zero-order chi connectivity index (χ0) is 34.9. The molecule has 14 heteroatoms. The predicted octanol–water partition coefficient (Wildman–Crippen LogP) is 2.91. The Balaban J connectivity index is 1.51. The van der Waals surface area contributed by atoms with E-state index in [9.17, 15) is 29.1 Å². The highest BCUT2D eigenvalue weighted by molar-refractivity contribution is 6.00. The number of aromatic nitrogens is 3. The molecule has 3 heterocycles. The third-order valence-corrected chi connectivity index (χ3v) is 7.96. The Morgan fingerprint density at radius 2 is 1.68 bits per heavy atom. The molecule has 4 N–H and O–H groups in total. The molecule has 1 saturated heterocycles. The molecule has 2 aromatic rings. The van der Waals surface area contributed by atoms with Crippen LogP contribution in [0.5, 0.6) is 5.75 Å². The van der Waals surface area contributed by atoms with Gasteiger partial charge in [0.25, 0.3) is 11.8 Å². The van der Waals surface area contributed by atoms with Crippen molar-refractivity contribution in [3.8, 4) is 5.75 Å². The summed E-state index contributed by atoms with van der Waals surface area (Å²) in [5, 5.41) is 25.6. The Morgan fingerprint density at radius 3 is 2.28 bits per heavy atom. The second-order valence-electron chi connectivity index (χ2n) is 13.7. The van der Waals surface area contributed by atoms with E-state index >= 15 is 0 Å². The molecule has 4 amide bonds. The van der Waals surface area contributed by atoms with E-state index in [4.69, 9.17) is 4.42 Å². The maximum absolute atomic E-state index is 13.7. The van der Waals surface area contributed by atoms with E-state index in [2.05, 4.69) is 31.1 Å². The second kappa shape index (κ2) is 16.5. The minimum atomic E-state index is -0.924. The largest absolute Gasteiger partial charge is 0.506 e. The summed E-state index contributed by atoms with van der Waals surface area (Å²) in [5.41, 5.74) is -0.237. The van der Waals surface area contributed by atoms with Crippen LogP contribution >= 0.6 is 0 Å². The topological polar surface area (TPSA) is 197 Å². The van der Waals surface area contributed by atoms with Gasteiger partial charge in [-0.3, -0.25) is 24.0 Å². The lowest BCUT2D eigenvalue weighted by atomic mass is 9.97. The third-order valence-electron chi connectivity index (χ3n) is 7.96. The Kier molecular flexibility index (Phi) is 13.0. The summed E-state index contributed by atoms with van der Waals surface area (Å²) < 4.78 is 5.63. The van der Waals surface area contributed by atoms with E-state index in [1.165, 1.54) is 23.2 Å². The molecular weight excluding hydrogens is 606 g/mol. The molecule has 0 spiro atoms. The number of amides is 4. The number of likely N-dealkylation sites (tertiary alicyclic amines) is 1. The van der Waals surface area contributed by atoms with Gasteiger partial charge in [0.1, 0.15) is 23.5 Å². The third kappa shape index (κ3) is 10.3. The highest BCUT2D eigenvalue weighted by atomic mass is 16.4. The minimum Gasteiger partial charge on any atom is -0.506 e. The first-order valence-electron chi connectivity index (χ1n) is 16.3. The van der Waals surface area contributed by atoms with Crippen LogP contribution in [-0.2, 0) is 19.8 Å². The SMILES string of the molecule is CC(C)[C@H](NC(=O)[C@@H]1CCCN1C(=O)[C@@H](NC(=O)CCCCCNC(=O)c1ccc(O)cn1)C(C)C)C(=O)c1nnc(C(C)(C)C)o1. The number of aromatic hydroxyl groups is 1. The van der Waals surface area contributed by atoms with Crippen LogP contribution in [0.3, 0.4) is 0 Å². The summed E-state index contributed by atoms with van der Waals surface area (Å²) in [6.45, 7) is 13.7. The van der Waals surface area contributed by atoms with Gasteiger partial charge >= 0.3 is 0 Å². The maximum Gasteiger partial charge on any atom is 0.286 e. The molecule has 0 saturated carbocycles. The van der Waals surface area contributed by atoms with E-state index < -0.39 is 35.2 Å². The average molecular weight is 656 g/mol. The number of ketones is 1. The van der Waals surface area contributed by atoms with Crippen molar-refractivity contribution in [1.82, 2.24) is 36.0 Å². The Labute approximate surface area is 275 Å². The normalized spacial score (nSPS) is 16.2. The monoisotopic (exact) mass is 655 g/mol. The Hall–Kier alpha value is -4.36. The van der Waals surface area contributed by atoms with Crippen LogP contribution in [-0.4, -0.2) is 85.8 Å². The lowest BCUT2D eigenvalue weighted by Gasteiger charge is -2.31. The molecule has 3 rings (SSSR count). The van der Waals surface area contributed by atoms with Crippen LogP contribution in [0, 0.1) is 11.8 Å². The molecule has 3 atom stereocenters. The molecular formula is C33H49N7O7. The van der Waals surface area contributed by atoms with Crippen molar-refractivity contribution in [2.24, 2.45) is 11.8 Å². The van der Waals surface area contributed by atoms with Gasteiger partial charge in [0.2, 0.25) is 29.4 Å². The fourth-order valence-electron chi connectivity index (χ4n) is 5.18. The molecule has 1 fully saturated rings. The number of carbonyl (C=O) groups is 5. The average Bonchev–Trinajstić information content (AvgIpc) is 3.70. The van der Waals surface area contributed by atoms with E-state index in [1.807, 2.05) is 34.6 Å². The van der Waals surface area contributed by atoms with Crippen molar-refractivity contribution < 1.29 is 33.5 Å². The van der Waals surface area contributed by atoms with Crippen LogP contribution in [0.4, 0.5) is 0 Å². The van der Waals surface area contributed by atoms with Crippen LogP contribution in [0.25, 0.3) is 0 Å². The lowest BCUT2D eigenvalue weighted by Crippen LogP contribution is -2.57. The van der Waals surface area contributed by atoms with Crippen molar-refractivity contribution in [2.45, 2.75) is 111 Å². The van der Waals surface area contributed by atoms with Gasteiger partial charge in [-0.05, 0) is 49.7 Å². The quantitative estimate of drug-likeness (QED) is 0.164. The standard InChI is InChI=1S/C33H49N7O7/c1-19(2)25(27(43)30-38-39-32(47-30)33(5,6)7)37-29(45)23-12-11-17-40(23)31(46)26(20(3)4)36-24(42)13-9-8-10-16-34-28(44)22-15-14-21(41)18-35-22/h14-15,18-20,23,25-26,41H,8-13,16-17H2,1-7H3,(H,34,44)(H,36,42)(H,37,45)/t23-,25-,26-/m0/s1. The fraction of sp³-hybridized carbons (Fsp3) is 0.636. The predicted molar refractivity (Wildman–Crippen MR) is 172 cm³/mol. The highest BCUT2D eigenvalue weighted by Crippen LogP contribution is 2.23. The summed E-state index contributed by atoms with van der Waals surface area (Å²) in [4.78, 5) is 70.8. The zero-order valence-electron chi connectivity index (χ0n) is 28.5. The molecule has 258 valence electrons. The Bertz CT molecular complexity index is 1400. The number of hydrogen-bond donors (Lipinski definition) is 4. The molecule has 0 bridgehead atoms. The van der Waals surface area contributed by atoms with Crippen molar-refractivity contribution in [3.05, 3.63) is 35.8 Å². The Morgan fingerprint density at radius 1 is 0.979 bits per heavy atom. The summed E-state index contributed by atoms with van der Waals surface area (Å²) >= 11 is 0. The number of nitrogens with one attached hydrogen (secondary N) is 3. The van der Waals surface area contributed by atoms with Crippen LogP contribution in [0.2, 0.25) is 0 Å². The number of pyridine rings is 1. The van der Waals surface area contributed by atoms with Crippen molar-refractivity contribution in [2.75, 3.05) is 13.1 Å². The molecule has 47 heavy (non-hydrogen) atoms. The molecule has 1 aliphatic rings. The summed E-state index contributed by atoms with van der Waals surface area (Å²) in [7, 11) is 0. The number of rotatable bonds is 15. The van der Waals surface area contributed by atoms with Crippen molar-refractivity contribution in [3.63, 3.8) is 0 Å². The first kappa shape index (κ1) is 37.1. The van der Waals surface area contributed by atoms with Gasteiger partial charge in [-0.2, -0.15) is 0 Å². The minimum absolute atomic E-state index is 0.0210. The summed E-state index contributed by atoms with van der Waals surface area (Å²) in [6.07, 6.45) is 4.35. The second-order valence-corrected chi connectivity index (χ2v) is 13.7. The van der Waals surface area contributed by atoms with Gasteiger partial charge in [-0.25, -0.2) is 4.98 Å². The smallest absolute Gasteiger partial charge is 0.286 e. The van der Waals surface area contributed by atoms with Crippen molar-refractivity contribution >= 4 is 29.4 Å². The van der Waals surface area contributed by atoms with Crippen LogP contribution in [0.15, 0.2) is 22.7 Å².